The van der Waals surface area contributed by atoms with Crippen molar-refractivity contribution in [3.63, 3.8) is 0 Å². The van der Waals surface area contributed by atoms with Gasteiger partial charge in [-0.2, -0.15) is 26.3 Å². The third-order valence-corrected chi connectivity index (χ3v) is 14.6. The zero-order chi connectivity index (χ0) is 58.8. The van der Waals surface area contributed by atoms with Gasteiger partial charge in [0.05, 0.1) is 5.52 Å². The molecule has 10 rings (SSSR count). The minimum Gasteiger partial charge on any atom is -0.397 e. The number of rotatable bonds is 7. The maximum absolute atomic E-state index is 14.5. The predicted octanol–water partition coefficient (Wildman–Crippen LogP) is 5.68. The molecule has 8 heterocycles. The molecule has 4 saturated heterocycles. The third kappa shape index (κ3) is 18.5. The number of H-pyrrole nitrogens is 1. The molecule has 0 bridgehead atoms. The number of aromatic nitrogens is 6. The van der Waals surface area contributed by atoms with E-state index in [4.69, 9.17) is 5.11 Å². The van der Waals surface area contributed by atoms with E-state index < -0.39 is 103 Å². The Morgan fingerprint density at radius 2 is 1.18 bits per heavy atom. The Kier molecular flexibility index (Phi) is 27.3. The molecular weight excluding hydrogens is 1200 g/mol. The molecular formula is C54H64Cl2F10KN11O6. The van der Waals surface area contributed by atoms with Crippen LogP contribution in [-0.2, 0) is 9.59 Å². The Labute approximate surface area is 530 Å². The fourth-order valence-corrected chi connectivity index (χ4v) is 10.7. The van der Waals surface area contributed by atoms with Gasteiger partial charge in [0.2, 0.25) is 17.5 Å². The number of piperidine rings is 2. The second-order valence-corrected chi connectivity index (χ2v) is 20.2. The maximum Gasteiger partial charge on any atom is 1.00 e. The van der Waals surface area contributed by atoms with E-state index in [0.29, 0.717) is 58.3 Å². The van der Waals surface area contributed by atoms with Gasteiger partial charge in [0.15, 0.2) is 28.9 Å². The van der Waals surface area contributed by atoms with Crippen LogP contribution in [0.1, 0.15) is 100 Å². The first-order valence-corrected chi connectivity index (χ1v) is 26.5. The molecule has 17 nitrogen and oxygen atoms in total. The number of hydrogen-bond donors (Lipinski definition) is 4. The minimum atomic E-state index is -4.73. The Balaban J connectivity index is 0.000000289. The van der Waals surface area contributed by atoms with Gasteiger partial charge < -0.3 is 45.0 Å². The molecule has 0 radical (unpaired) electrons. The van der Waals surface area contributed by atoms with Crippen molar-refractivity contribution >= 4 is 65.0 Å². The van der Waals surface area contributed by atoms with Crippen LogP contribution in [0.5, 0.6) is 0 Å². The van der Waals surface area contributed by atoms with E-state index >= 15 is 0 Å². The molecule has 84 heavy (non-hydrogen) atoms. The van der Waals surface area contributed by atoms with Gasteiger partial charge >= 0.3 is 75.5 Å². The van der Waals surface area contributed by atoms with Gasteiger partial charge in [-0.05, 0) is 119 Å². The summed E-state index contributed by atoms with van der Waals surface area (Å²) in [5, 5.41) is 13.4. The molecule has 4 amide bonds. The molecule has 0 unspecified atom stereocenters. The molecule has 456 valence electrons. The summed E-state index contributed by atoms with van der Waals surface area (Å²) in [6.07, 6.45) is -2.49. The van der Waals surface area contributed by atoms with Crippen LogP contribution in [0, 0.1) is 29.2 Å². The number of aromatic amines is 1. The minimum absolute atomic E-state index is 0. The monoisotopic (exact) mass is 1260 g/mol. The maximum atomic E-state index is 14.5. The first-order valence-electron chi connectivity index (χ1n) is 26.5. The van der Waals surface area contributed by atoms with Gasteiger partial charge in [-0.1, -0.05) is 43.3 Å². The number of amides is 4. The van der Waals surface area contributed by atoms with Gasteiger partial charge in [-0.25, -0.2) is 32.1 Å². The van der Waals surface area contributed by atoms with E-state index in [1.54, 1.807) is 36.7 Å². The van der Waals surface area contributed by atoms with Gasteiger partial charge in [0, 0.05) is 73.9 Å². The molecule has 6 aromatic rings. The van der Waals surface area contributed by atoms with Crippen molar-refractivity contribution in [3.05, 3.63) is 128 Å². The fraction of sp³-hybridized carbons (Fsp3) is 0.500. The molecule has 4 aliphatic rings. The second-order valence-electron chi connectivity index (χ2n) is 20.2. The molecule has 4 aromatic heterocycles. The van der Waals surface area contributed by atoms with Crippen molar-refractivity contribution in [2.24, 2.45) is 5.92 Å². The summed E-state index contributed by atoms with van der Waals surface area (Å²) in [4.78, 5) is 80.2. The van der Waals surface area contributed by atoms with E-state index in [1.807, 2.05) is 16.7 Å². The summed E-state index contributed by atoms with van der Waals surface area (Å²) >= 11 is 0. The number of carbonyl (C=O) groups excluding carboxylic acids is 3. The summed E-state index contributed by atoms with van der Waals surface area (Å²) in [5.41, 5.74) is 1.96. The number of halogens is 12. The van der Waals surface area contributed by atoms with Crippen molar-refractivity contribution < 1.29 is 115 Å². The van der Waals surface area contributed by atoms with Crippen LogP contribution >= 0.6 is 24.8 Å². The van der Waals surface area contributed by atoms with E-state index in [0.717, 1.165) is 43.6 Å². The van der Waals surface area contributed by atoms with Crippen LogP contribution in [-0.4, -0.2) is 139 Å². The van der Waals surface area contributed by atoms with Crippen molar-refractivity contribution in [1.82, 2.24) is 54.4 Å². The molecule has 4 atom stereocenters. The van der Waals surface area contributed by atoms with Gasteiger partial charge in [-0.3, -0.25) is 23.9 Å². The van der Waals surface area contributed by atoms with Crippen LogP contribution in [0.15, 0.2) is 82.6 Å². The molecule has 0 spiro atoms. The molecule has 4 fully saturated rings. The summed E-state index contributed by atoms with van der Waals surface area (Å²) in [5.74, 6) is -8.03. The number of carbonyl (C=O) groups is 3. The quantitative estimate of drug-likeness (QED) is 0.114. The number of hydrogen-bond acceptors (Lipinski definition) is 9. The number of aliphatic hydroxyl groups excluding tert-OH is 1. The number of fused-ring (bicyclic) bond motifs is 2. The van der Waals surface area contributed by atoms with Crippen molar-refractivity contribution in [1.29, 1.82) is 0 Å². The molecule has 4 aliphatic heterocycles. The summed E-state index contributed by atoms with van der Waals surface area (Å²) in [6.45, 7) is 2.22. The zero-order valence-corrected chi connectivity index (χ0v) is 50.8. The number of nitrogens with one attached hydrogen (secondary N) is 3. The average molecular weight is 1260 g/mol. The van der Waals surface area contributed by atoms with Crippen molar-refractivity contribution in [3.8, 4) is 0 Å². The van der Waals surface area contributed by atoms with Crippen LogP contribution in [0.2, 0.25) is 0 Å². The Bertz CT molecular complexity index is 3240. The Hall–Kier alpha value is -5.07. The number of imidazole rings is 2. The van der Waals surface area contributed by atoms with Gasteiger partial charge in [-0.15, -0.1) is 24.8 Å². The largest absolute Gasteiger partial charge is 1.00 e. The number of aliphatic hydroxyl groups is 1. The standard InChI is InChI=1S/C26H27F5N6O3.C15H16F5NO.C11H14N4O.C2H6O.2ClH.K/c27-18-4-1-3-17(21(18)28)15-6-7-19(23(38)36(13-15)14-26(29,30)31)33-24(39)35-11-8-16(9-12-35)37-20-5-2-10-32-22(20)34-25(37)40;1-9-5-6-10(11-3-2-4-12(16)13(11)17)7-21(14(9)22)8-15(18,19)20;16-11-14-10-9(2-1-5-13-10)15(11)8-3-6-12-7-4-8;1-2-3;;;/h1-5,10,15-16,19H,6-9,11-14H2,(H2,32,33,34,39,40);2-4,9-10H,5-8H2,1H3;1-2,5,8,12H,3-4,6-7H2,(H,13,14,16);3H,2H2,1H3;2*1H;/q;;;;;;+1/p-1/t15-,19-;9-,10-;;;;;/m11...../s1. The van der Waals surface area contributed by atoms with Crippen LogP contribution in [0.4, 0.5) is 48.7 Å². The van der Waals surface area contributed by atoms with Crippen molar-refractivity contribution in [2.75, 3.05) is 59.0 Å². The number of pyridine rings is 2. The summed E-state index contributed by atoms with van der Waals surface area (Å²) in [7, 11) is 0. The van der Waals surface area contributed by atoms with E-state index in [-0.39, 0.29) is 138 Å². The van der Waals surface area contributed by atoms with E-state index in [1.165, 1.54) is 35.4 Å². The van der Waals surface area contributed by atoms with Crippen LogP contribution in [0.25, 0.3) is 22.3 Å². The molecule has 2 aromatic carbocycles. The van der Waals surface area contributed by atoms with Crippen molar-refractivity contribution in [2.45, 2.75) is 108 Å². The number of alkyl halides is 6. The second kappa shape index (κ2) is 32.1. The van der Waals surface area contributed by atoms with Gasteiger partial charge in [0.1, 0.15) is 19.1 Å². The smallest absolute Gasteiger partial charge is 0.397 e. The first kappa shape index (κ1) is 71.4. The summed E-state index contributed by atoms with van der Waals surface area (Å²) in [6, 6.07) is 12.5. The van der Waals surface area contributed by atoms with Crippen LogP contribution < -0.4 is 78.4 Å². The first-order chi connectivity index (χ1) is 38.5. The van der Waals surface area contributed by atoms with E-state index in [9.17, 15) is 67.9 Å². The molecule has 30 heteroatoms. The number of likely N-dealkylation sites (tertiary alicyclic amines) is 3. The normalized spacial score (nSPS) is 19.8. The third-order valence-electron chi connectivity index (χ3n) is 14.6. The number of urea groups is 1. The Morgan fingerprint density at radius 3 is 1.73 bits per heavy atom. The Morgan fingerprint density at radius 1 is 0.679 bits per heavy atom. The zero-order valence-electron chi connectivity index (χ0n) is 46.1. The SMILES string of the molecule is CCO.C[C@@H]1CC[C@@H](c2cccc(F)c2F)CN(CC(F)(F)F)C1=O.Cl.Cl.O=C(N[C@@H]1CC[C@@H](c2cccc(F)c2F)CN(CC(F)(F)F)C1=O)N1CCC(n2c(=O)[n-]c3ncccc32)CC1.O=c1[nH]c2ncccc2n1C1CCNCC1.[K+]. The van der Waals surface area contributed by atoms with Gasteiger partial charge in [0.25, 0.3) is 0 Å². The van der Waals surface area contributed by atoms with E-state index in [2.05, 4.69) is 30.6 Å². The van der Waals surface area contributed by atoms with Crippen LogP contribution in [0.3, 0.4) is 0 Å². The summed E-state index contributed by atoms with van der Waals surface area (Å²) < 4.78 is 137. The number of benzene rings is 2. The predicted molar refractivity (Wildman–Crippen MR) is 291 cm³/mol. The molecule has 4 N–H and O–H groups in total. The average Bonchev–Trinajstić information content (AvgIpc) is 4.10. The topological polar surface area (TPSA) is 205 Å². The molecule has 0 saturated carbocycles. The molecule has 0 aliphatic carbocycles. The number of nitrogens with zero attached hydrogens (tertiary/aromatic N) is 8. The fourth-order valence-electron chi connectivity index (χ4n) is 10.7.